The maximum Gasteiger partial charge on any atom is 0.140 e. The number of thiazole rings is 1. The SMILES string of the molecule is CCc1cccc(OCc2nc(C3CC3)c(CS)s2)c1. The fourth-order valence-electron chi connectivity index (χ4n) is 2.27. The Labute approximate surface area is 129 Å². The highest BCUT2D eigenvalue weighted by atomic mass is 32.1. The molecule has 0 unspecified atom stereocenters. The Hall–Kier alpha value is -1.000. The predicted molar refractivity (Wildman–Crippen MR) is 86.9 cm³/mol. The highest BCUT2D eigenvalue weighted by Crippen LogP contribution is 2.43. The van der Waals surface area contributed by atoms with Gasteiger partial charge in [0.25, 0.3) is 0 Å². The van der Waals surface area contributed by atoms with Crippen LogP contribution in [0.4, 0.5) is 0 Å². The Kier molecular flexibility index (Phi) is 4.32. The molecule has 0 saturated heterocycles. The lowest BCUT2D eigenvalue weighted by Crippen LogP contribution is -1.96. The van der Waals surface area contributed by atoms with Gasteiger partial charge in [0.15, 0.2) is 0 Å². The molecule has 0 aliphatic heterocycles. The molecule has 0 N–H and O–H groups in total. The molecular formula is C16H19NOS2. The van der Waals surface area contributed by atoms with Crippen molar-refractivity contribution in [2.75, 3.05) is 0 Å². The molecule has 2 nitrogen and oxygen atoms in total. The van der Waals surface area contributed by atoms with Gasteiger partial charge in [-0.15, -0.1) is 11.3 Å². The second-order valence-corrected chi connectivity index (χ2v) is 6.62. The van der Waals surface area contributed by atoms with Gasteiger partial charge >= 0.3 is 0 Å². The zero-order valence-electron chi connectivity index (χ0n) is 11.6. The zero-order valence-corrected chi connectivity index (χ0v) is 13.3. The Morgan fingerprint density at radius 1 is 1.40 bits per heavy atom. The predicted octanol–water partition coefficient (Wildman–Crippen LogP) is 4.59. The van der Waals surface area contributed by atoms with Gasteiger partial charge in [0.05, 0.1) is 5.69 Å². The van der Waals surface area contributed by atoms with Gasteiger partial charge in [0.1, 0.15) is 17.4 Å². The molecule has 0 atom stereocenters. The molecule has 1 aromatic heterocycles. The van der Waals surface area contributed by atoms with Gasteiger partial charge in [-0.05, 0) is 37.0 Å². The molecule has 1 aromatic carbocycles. The summed E-state index contributed by atoms with van der Waals surface area (Å²) in [5.41, 5.74) is 2.57. The van der Waals surface area contributed by atoms with Crippen LogP contribution >= 0.6 is 24.0 Å². The van der Waals surface area contributed by atoms with E-state index in [-0.39, 0.29) is 0 Å². The molecule has 106 valence electrons. The summed E-state index contributed by atoms with van der Waals surface area (Å²) in [6.07, 6.45) is 3.59. The van der Waals surface area contributed by atoms with E-state index in [9.17, 15) is 0 Å². The minimum absolute atomic E-state index is 0.561. The van der Waals surface area contributed by atoms with Gasteiger partial charge in [-0.2, -0.15) is 12.6 Å². The van der Waals surface area contributed by atoms with E-state index in [0.717, 1.165) is 22.9 Å². The number of nitrogens with zero attached hydrogens (tertiary/aromatic N) is 1. The van der Waals surface area contributed by atoms with Crippen LogP contribution in [0.3, 0.4) is 0 Å². The molecule has 1 heterocycles. The van der Waals surface area contributed by atoms with Gasteiger partial charge in [-0.25, -0.2) is 4.98 Å². The van der Waals surface area contributed by atoms with Crippen LogP contribution in [0.2, 0.25) is 0 Å². The molecule has 20 heavy (non-hydrogen) atoms. The molecule has 0 spiro atoms. The third-order valence-electron chi connectivity index (χ3n) is 3.55. The molecule has 0 bridgehead atoms. The van der Waals surface area contributed by atoms with E-state index in [2.05, 4.69) is 31.7 Å². The number of aryl methyl sites for hydroxylation is 1. The summed E-state index contributed by atoms with van der Waals surface area (Å²) < 4.78 is 5.87. The van der Waals surface area contributed by atoms with E-state index in [1.165, 1.54) is 29.0 Å². The summed E-state index contributed by atoms with van der Waals surface area (Å²) in [5, 5.41) is 1.07. The van der Waals surface area contributed by atoms with Gasteiger partial charge in [0, 0.05) is 16.5 Å². The second-order valence-electron chi connectivity index (χ2n) is 5.14. The zero-order chi connectivity index (χ0) is 13.9. The minimum atomic E-state index is 0.561. The average Bonchev–Trinajstić information content (AvgIpc) is 3.25. The molecule has 0 radical (unpaired) electrons. The van der Waals surface area contributed by atoms with Crippen molar-refractivity contribution in [1.82, 2.24) is 4.98 Å². The first-order chi connectivity index (χ1) is 9.80. The number of hydrogen-bond donors (Lipinski definition) is 1. The highest BCUT2D eigenvalue weighted by Gasteiger charge is 2.29. The van der Waals surface area contributed by atoms with E-state index in [4.69, 9.17) is 9.72 Å². The molecule has 3 rings (SSSR count). The summed E-state index contributed by atoms with van der Waals surface area (Å²) >= 11 is 6.15. The summed E-state index contributed by atoms with van der Waals surface area (Å²) in [5.74, 6) is 2.40. The number of benzene rings is 1. The smallest absolute Gasteiger partial charge is 0.140 e. The lowest BCUT2D eigenvalue weighted by molar-refractivity contribution is 0.305. The number of rotatable bonds is 6. The van der Waals surface area contributed by atoms with Crippen molar-refractivity contribution in [3.8, 4) is 5.75 Å². The first-order valence-corrected chi connectivity index (χ1v) is 8.56. The second kappa shape index (κ2) is 6.19. The van der Waals surface area contributed by atoms with Crippen molar-refractivity contribution in [1.29, 1.82) is 0 Å². The van der Waals surface area contributed by atoms with E-state index in [1.54, 1.807) is 11.3 Å². The van der Waals surface area contributed by atoms with Crippen LogP contribution < -0.4 is 4.74 Å². The Bertz CT molecular complexity index is 590. The topological polar surface area (TPSA) is 22.1 Å². The van der Waals surface area contributed by atoms with Crippen LogP contribution in [0.25, 0.3) is 0 Å². The fraction of sp³-hybridized carbons (Fsp3) is 0.438. The van der Waals surface area contributed by atoms with Gasteiger partial charge < -0.3 is 4.74 Å². The van der Waals surface area contributed by atoms with E-state index in [0.29, 0.717) is 12.5 Å². The van der Waals surface area contributed by atoms with E-state index in [1.807, 2.05) is 12.1 Å². The Balaban J connectivity index is 1.68. The van der Waals surface area contributed by atoms with Crippen LogP contribution in [0, 0.1) is 0 Å². The quantitative estimate of drug-likeness (QED) is 0.788. The number of hydrogen-bond acceptors (Lipinski definition) is 4. The lowest BCUT2D eigenvalue weighted by atomic mass is 10.2. The summed E-state index contributed by atoms with van der Waals surface area (Å²) in [7, 11) is 0. The van der Waals surface area contributed by atoms with Crippen LogP contribution in [-0.4, -0.2) is 4.98 Å². The van der Waals surface area contributed by atoms with Crippen LogP contribution in [0.15, 0.2) is 24.3 Å². The highest BCUT2D eigenvalue weighted by molar-refractivity contribution is 7.79. The standard InChI is InChI=1S/C16H19NOS2/c1-2-11-4-3-5-13(8-11)18-9-15-17-16(12-6-7-12)14(10-19)20-15/h3-5,8,12,19H,2,6-7,9-10H2,1H3. The molecule has 4 heteroatoms. The third-order valence-corrected chi connectivity index (χ3v) is 5.12. The number of aromatic nitrogens is 1. The maximum absolute atomic E-state index is 5.87. The average molecular weight is 305 g/mol. The van der Waals surface area contributed by atoms with Gasteiger partial charge in [-0.1, -0.05) is 19.1 Å². The van der Waals surface area contributed by atoms with Crippen LogP contribution in [0.1, 0.15) is 46.8 Å². The summed E-state index contributed by atoms with van der Waals surface area (Å²) in [6.45, 7) is 2.71. The lowest BCUT2D eigenvalue weighted by Gasteiger charge is -2.05. The van der Waals surface area contributed by atoms with Crippen molar-refractivity contribution >= 4 is 24.0 Å². The first-order valence-electron chi connectivity index (χ1n) is 7.11. The largest absolute Gasteiger partial charge is 0.486 e. The van der Waals surface area contributed by atoms with Crippen molar-refractivity contribution in [2.24, 2.45) is 0 Å². The van der Waals surface area contributed by atoms with Crippen molar-refractivity contribution in [3.63, 3.8) is 0 Å². The van der Waals surface area contributed by atoms with Crippen molar-refractivity contribution < 1.29 is 4.74 Å². The van der Waals surface area contributed by atoms with Crippen molar-refractivity contribution in [3.05, 3.63) is 45.4 Å². The summed E-state index contributed by atoms with van der Waals surface area (Å²) in [6, 6.07) is 8.29. The maximum atomic E-state index is 5.87. The molecular weight excluding hydrogens is 286 g/mol. The van der Waals surface area contributed by atoms with Gasteiger partial charge in [0.2, 0.25) is 0 Å². The number of ether oxygens (including phenoxy) is 1. The molecule has 1 saturated carbocycles. The van der Waals surface area contributed by atoms with E-state index < -0.39 is 0 Å². The fourth-order valence-corrected chi connectivity index (χ4v) is 3.55. The monoisotopic (exact) mass is 305 g/mol. The van der Waals surface area contributed by atoms with Gasteiger partial charge in [-0.3, -0.25) is 0 Å². The summed E-state index contributed by atoms with van der Waals surface area (Å²) in [4.78, 5) is 6.06. The van der Waals surface area contributed by atoms with E-state index >= 15 is 0 Å². The first kappa shape index (κ1) is 14.0. The molecule has 2 aromatic rings. The minimum Gasteiger partial charge on any atom is -0.486 e. The molecule has 1 fully saturated rings. The Morgan fingerprint density at radius 2 is 2.25 bits per heavy atom. The number of thiol groups is 1. The van der Waals surface area contributed by atoms with Crippen molar-refractivity contribution in [2.45, 2.75) is 44.5 Å². The molecule has 0 amide bonds. The Morgan fingerprint density at radius 3 is 2.95 bits per heavy atom. The normalized spacial score (nSPS) is 14.5. The third kappa shape index (κ3) is 3.18. The molecule has 1 aliphatic rings. The molecule has 1 aliphatic carbocycles. The van der Waals surface area contributed by atoms with Crippen LogP contribution in [-0.2, 0) is 18.8 Å². The van der Waals surface area contributed by atoms with Crippen LogP contribution in [0.5, 0.6) is 5.75 Å².